The molecule has 0 bridgehead atoms. The first kappa shape index (κ1) is 13.7. The van der Waals surface area contributed by atoms with Crippen LogP contribution in [0.5, 0.6) is 0 Å². The van der Waals surface area contributed by atoms with E-state index in [4.69, 9.17) is 17.3 Å². The minimum atomic E-state index is -1.12. The molecule has 0 radical (unpaired) electrons. The van der Waals surface area contributed by atoms with E-state index in [0.717, 1.165) is 0 Å². The summed E-state index contributed by atoms with van der Waals surface area (Å²) in [7, 11) is 0. The molecule has 3 rings (SSSR count). The summed E-state index contributed by atoms with van der Waals surface area (Å²) in [5.74, 6) is -0.931. The van der Waals surface area contributed by atoms with E-state index in [-0.39, 0.29) is 5.56 Å². The number of fused-ring (bicyclic) bond motifs is 1. The third-order valence-electron chi connectivity index (χ3n) is 3.18. The second kappa shape index (κ2) is 5.27. The zero-order valence-electron chi connectivity index (χ0n) is 10.8. The van der Waals surface area contributed by atoms with Crippen LogP contribution in [-0.4, -0.2) is 17.8 Å². The van der Waals surface area contributed by atoms with Crippen molar-refractivity contribution in [1.29, 1.82) is 0 Å². The van der Waals surface area contributed by atoms with Crippen molar-refractivity contribution in [3.63, 3.8) is 0 Å². The number of hydrogen-bond donors (Lipinski definition) is 2. The largest absolute Gasteiger partial charge is 0.321 e. The molecule has 2 aromatic rings. The molecule has 2 aromatic carbocycles. The van der Waals surface area contributed by atoms with Crippen LogP contribution >= 0.6 is 11.6 Å². The second-order valence-corrected chi connectivity index (χ2v) is 4.96. The molecular formula is C15H11ClFN3O. The molecular weight excluding hydrogens is 293 g/mol. The lowest BCUT2D eigenvalue weighted by Gasteiger charge is -2.11. The molecule has 0 fully saturated rings. The molecule has 21 heavy (non-hydrogen) atoms. The highest BCUT2D eigenvalue weighted by Crippen LogP contribution is 2.30. The van der Waals surface area contributed by atoms with E-state index in [0.29, 0.717) is 22.0 Å². The number of nitrogens with one attached hydrogen (secondary N) is 1. The van der Waals surface area contributed by atoms with Crippen LogP contribution in [0.3, 0.4) is 0 Å². The minimum absolute atomic E-state index is 0.271. The summed E-state index contributed by atoms with van der Waals surface area (Å²) in [6.07, 6.45) is -1.12. The maximum Gasteiger partial charge on any atom is 0.263 e. The van der Waals surface area contributed by atoms with Crippen molar-refractivity contribution in [3.8, 4) is 0 Å². The summed E-state index contributed by atoms with van der Waals surface area (Å²) < 4.78 is 14.1. The molecule has 0 saturated carbocycles. The Hall–Kier alpha value is -2.24. The van der Waals surface area contributed by atoms with Crippen LogP contribution in [0.1, 0.15) is 11.1 Å². The van der Waals surface area contributed by atoms with Gasteiger partial charge in [-0.1, -0.05) is 35.9 Å². The van der Waals surface area contributed by atoms with Gasteiger partial charge in [0.1, 0.15) is 5.82 Å². The Labute approximate surface area is 125 Å². The van der Waals surface area contributed by atoms with Crippen LogP contribution in [0.25, 0.3) is 0 Å². The Balaban J connectivity index is 2.28. The average Bonchev–Trinajstić information content (AvgIpc) is 2.59. The molecule has 1 aliphatic heterocycles. The van der Waals surface area contributed by atoms with Gasteiger partial charge in [-0.2, -0.15) is 0 Å². The van der Waals surface area contributed by atoms with Gasteiger partial charge in [-0.15, -0.1) is 0 Å². The van der Waals surface area contributed by atoms with E-state index in [1.807, 2.05) is 0 Å². The molecule has 1 atom stereocenters. The van der Waals surface area contributed by atoms with Gasteiger partial charge < -0.3 is 11.1 Å². The summed E-state index contributed by atoms with van der Waals surface area (Å²) in [4.78, 5) is 16.0. The molecule has 1 unspecified atom stereocenters. The zero-order valence-corrected chi connectivity index (χ0v) is 11.6. The number of rotatable bonds is 1. The second-order valence-electron chi connectivity index (χ2n) is 4.55. The number of aliphatic imine (C=N–C) groups is 1. The van der Waals surface area contributed by atoms with Gasteiger partial charge in [-0.3, -0.25) is 9.79 Å². The highest BCUT2D eigenvalue weighted by molar-refractivity contribution is 6.35. The van der Waals surface area contributed by atoms with Crippen molar-refractivity contribution >= 4 is 28.9 Å². The fourth-order valence-corrected chi connectivity index (χ4v) is 2.40. The van der Waals surface area contributed by atoms with Gasteiger partial charge in [0, 0.05) is 11.1 Å². The fourth-order valence-electron chi connectivity index (χ4n) is 2.18. The van der Waals surface area contributed by atoms with E-state index in [2.05, 4.69) is 10.3 Å². The fraction of sp³-hybridized carbons (Fsp3) is 0.0667. The lowest BCUT2D eigenvalue weighted by Crippen LogP contribution is -2.33. The molecule has 0 aromatic heterocycles. The van der Waals surface area contributed by atoms with Crippen LogP contribution in [0.2, 0.25) is 5.02 Å². The molecule has 1 heterocycles. The van der Waals surface area contributed by atoms with Gasteiger partial charge in [0.05, 0.1) is 16.4 Å². The first-order chi connectivity index (χ1) is 10.1. The Morgan fingerprint density at radius 1 is 1.14 bits per heavy atom. The Morgan fingerprint density at radius 2 is 1.86 bits per heavy atom. The SMILES string of the molecule is NC1N=C(c2ccccc2F)c2cccc(Cl)c2NC1=O. The predicted octanol–water partition coefficient (Wildman–Crippen LogP) is 2.55. The molecule has 1 aliphatic rings. The molecule has 6 heteroatoms. The van der Waals surface area contributed by atoms with Crippen LogP contribution < -0.4 is 11.1 Å². The summed E-state index contributed by atoms with van der Waals surface area (Å²) in [5.41, 5.74) is 7.22. The number of benzodiazepines with no additional fused rings is 1. The highest BCUT2D eigenvalue weighted by atomic mass is 35.5. The summed E-state index contributed by atoms with van der Waals surface area (Å²) in [5, 5.41) is 2.97. The summed E-state index contributed by atoms with van der Waals surface area (Å²) >= 11 is 6.12. The number of nitrogens with two attached hydrogens (primary N) is 1. The van der Waals surface area contributed by atoms with Gasteiger partial charge in [0.15, 0.2) is 6.17 Å². The molecule has 0 spiro atoms. The summed E-state index contributed by atoms with van der Waals surface area (Å²) in [6.45, 7) is 0. The van der Waals surface area contributed by atoms with Crippen LogP contribution in [0.4, 0.5) is 10.1 Å². The lowest BCUT2D eigenvalue weighted by molar-refractivity contribution is -0.117. The van der Waals surface area contributed by atoms with Crippen LogP contribution in [0.15, 0.2) is 47.5 Å². The molecule has 3 N–H and O–H groups in total. The zero-order chi connectivity index (χ0) is 15.0. The van der Waals surface area contributed by atoms with E-state index in [1.165, 1.54) is 6.07 Å². The molecule has 0 saturated heterocycles. The smallest absolute Gasteiger partial charge is 0.263 e. The normalized spacial score (nSPS) is 17.6. The predicted molar refractivity (Wildman–Crippen MR) is 80.1 cm³/mol. The number of anilines is 1. The number of carbonyl (C=O) groups is 1. The molecule has 1 amide bonds. The van der Waals surface area contributed by atoms with Gasteiger partial charge in [-0.05, 0) is 18.2 Å². The average molecular weight is 304 g/mol. The van der Waals surface area contributed by atoms with Crippen molar-refractivity contribution in [2.75, 3.05) is 5.32 Å². The number of halogens is 2. The quantitative estimate of drug-likeness (QED) is 0.850. The van der Waals surface area contributed by atoms with Crippen molar-refractivity contribution in [3.05, 3.63) is 64.4 Å². The Kier molecular flexibility index (Phi) is 3.45. The van der Waals surface area contributed by atoms with Crippen LogP contribution in [0, 0.1) is 5.82 Å². The topological polar surface area (TPSA) is 67.5 Å². The number of carbonyl (C=O) groups excluding carboxylic acids is 1. The number of nitrogens with zero attached hydrogens (tertiary/aromatic N) is 1. The van der Waals surface area contributed by atoms with E-state index < -0.39 is 17.9 Å². The monoisotopic (exact) mass is 303 g/mol. The van der Waals surface area contributed by atoms with Crippen molar-refractivity contribution in [2.45, 2.75) is 6.17 Å². The number of amides is 1. The highest BCUT2D eigenvalue weighted by Gasteiger charge is 2.25. The summed E-state index contributed by atoms with van der Waals surface area (Å²) in [6, 6.07) is 11.2. The number of hydrogen-bond acceptors (Lipinski definition) is 3. The van der Waals surface area contributed by atoms with Gasteiger partial charge in [0.25, 0.3) is 5.91 Å². The standard InChI is InChI=1S/C15H11ClFN3O/c16-10-6-3-5-9-12(8-4-1-2-7-11(8)17)19-14(18)15(21)20-13(9)10/h1-7,14H,18H2,(H,20,21). The molecule has 0 aliphatic carbocycles. The first-order valence-corrected chi connectivity index (χ1v) is 6.64. The van der Waals surface area contributed by atoms with Crippen molar-refractivity contribution < 1.29 is 9.18 Å². The molecule has 4 nitrogen and oxygen atoms in total. The Morgan fingerprint density at radius 3 is 2.62 bits per heavy atom. The number of benzene rings is 2. The van der Waals surface area contributed by atoms with Gasteiger partial charge in [0.2, 0.25) is 0 Å². The minimum Gasteiger partial charge on any atom is -0.321 e. The van der Waals surface area contributed by atoms with Crippen molar-refractivity contribution in [1.82, 2.24) is 0 Å². The van der Waals surface area contributed by atoms with Gasteiger partial charge in [-0.25, -0.2) is 4.39 Å². The Bertz CT molecular complexity index is 760. The van der Waals surface area contributed by atoms with E-state index in [9.17, 15) is 9.18 Å². The molecule has 106 valence electrons. The van der Waals surface area contributed by atoms with Crippen LogP contribution in [-0.2, 0) is 4.79 Å². The van der Waals surface area contributed by atoms with E-state index >= 15 is 0 Å². The lowest BCUT2D eigenvalue weighted by atomic mass is 10.00. The third kappa shape index (κ3) is 2.41. The number of para-hydroxylation sites is 1. The third-order valence-corrected chi connectivity index (χ3v) is 3.50. The maximum atomic E-state index is 14.1. The van der Waals surface area contributed by atoms with Crippen molar-refractivity contribution in [2.24, 2.45) is 10.7 Å². The van der Waals surface area contributed by atoms with E-state index in [1.54, 1.807) is 36.4 Å². The van der Waals surface area contributed by atoms with Gasteiger partial charge >= 0.3 is 0 Å². The first-order valence-electron chi connectivity index (χ1n) is 6.26. The maximum absolute atomic E-state index is 14.1.